The van der Waals surface area contributed by atoms with Gasteiger partial charge in [0.1, 0.15) is 5.82 Å². The Bertz CT molecular complexity index is 829. The first kappa shape index (κ1) is 13.4. The molecule has 3 aromatic rings. The molecule has 3 rings (SSSR count). The van der Waals surface area contributed by atoms with Crippen molar-refractivity contribution in [3.63, 3.8) is 0 Å². The van der Waals surface area contributed by atoms with Crippen molar-refractivity contribution >= 4 is 17.0 Å². The fourth-order valence-electron chi connectivity index (χ4n) is 2.38. The van der Waals surface area contributed by atoms with E-state index >= 15 is 0 Å². The molecular weight excluding hydrogens is 268 g/mol. The van der Waals surface area contributed by atoms with Crippen LogP contribution in [0.4, 0.5) is 0 Å². The van der Waals surface area contributed by atoms with E-state index in [-0.39, 0.29) is 11.5 Å². The lowest BCUT2D eigenvalue weighted by Crippen LogP contribution is -1.94. The number of imidazole rings is 1. The summed E-state index contributed by atoms with van der Waals surface area (Å²) in [5, 5.41) is 13.5. The molecule has 0 radical (unpaired) electrons. The molecule has 1 aromatic carbocycles. The molecule has 6 heteroatoms. The second-order valence-electron chi connectivity index (χ2n) is 5.38. The predicted octanol–water partition coefficient (Wildman–Crippen LogP) is 2.79. The number of carboxylic acid groups (broad SMARTS) is 1. The number of aromatic nitrogens is 4. The zero-order valence-electron chi connectivity index (χ0n) is 12.1. The number of hydrogen-bond donors (Lipinski definition) is 2. The number of aromatic carboxylic acids is 1. The first-order chi connectivity index (χ1) is 9.95. The lowest BCUT2D eigenvalue weighted by molar-refractivity contribution is 0.0697. The largest absolute Gasteiger partial charge is 0.478 e. The van der Waals surface area contributed by atoms with Gasteiger partial charge in [-0.25, -0.2) is 9.78 Å². The van der Waals surface area contributed by atoms with E-state index in [0.717, 1.165) is 16.8 Å². The Morgan fingerprint density at radius 1 is 1.38 bits per heavy atom. The summed E-state index contributed by atoms with van der Waals surface area (Å²) in [6.07, 6.45) is 1.92. The van der Waals surface area contributed by atoms with Gasteiger partial charge in [-0.05, 0) is 24.1 Å². The van der Waals surface area contributed by atoms with Crippen LogP contribution in [0.5, 0.6) is 0 Å². The molecule has 0 unspecified atom stereocenters. The lowest BCUT2D eigenvalue weighted by Gasteiger charge is -2.01. The normalized spacial score (nSPS) is 11.4. The third-order valence-corrected chi connectivity index (χ3v) is 3.39. The van der Waals surface area contributed by atoms with Crippen LogP contribution in [0.25, 0.3) is 22.4 Å². The fraction of sp³-hybridized carbons (Fsp3) is 0.267. The minimum absolute atomic E-state index is 0.243. The Kier molecular flexibility index (Phi) is 3.01. The predicted molar refractivity (Wildman–Crippen MR) is 79.3 cm³/mol. The van der Waals surface area contributed by atoms with Crippen molar-refractivity contribution in [1.82, 2.24) is 19.7 Å². The molecule has 0 aliphatic heterocycles. The second-order valence-corrected chi connectivity index (χ2v) is 5.38. The van der Waals surface area contributed by atoms with E-state index in [0.29, 0.717) is 11.3 Å². The average molecular weight is 284 g/mol. The molecule has 0 bridgehead atoms. The number of fused-ring (bicyclic) bond motifs is 1. The summed E-state index contributed by atoms with van der Waals surface area (Å²) in [5.41, 5.74) is 3.61. The minimum atomic E-state index is -0.947. The zero-order valence-corrected chi connectivity index (χ0v) is 12.1. The van der Waals surface area contributed by atoms with E-state index in [2.05, 4.69) is 28.9 Å². The number of carbonyl (C=O) groups is 1. The highest BCUT2D eigenvalue weighted by molar-refractivity contribution is 5.93. The van der Waals surface area contributed by atoms with Crippen LogP contribution < -0.4 is 0 Å². The molecule has 0 fully saturated rings. The van der Waals surface area contributed by atoms with Gasteiger partial charge in [0.05, 0.1) is 27.9 Å². The van der Waals surface area contributed by atoms with Crippen molar-refractivity contribution in [3.05, 3.63) is 35.7 Å². The van der Waals surface area contributed by atoms with Gasteiger partial charge in [0.2, 0.25) is 0 Å². The third-order valence-electron chi connectivity index (χ3n) is 3.39. The van der Waals surface area contributed by atoms with Gasteiger partial charge >= 0.3 is 5.97 Å². The topological polar surface area (TPSA) is 83.8 Å². The average Bonchev–Trinajstić information content (AvgIpc) is 3.00. The van der Waals surface area contributed by atoms with Crippen LogP contribution >= 0.6 is 0 Å². The van der Waals surface area contributed by atoms with Gasteiger partial charge in [0.15, 0.2) is 0 Å². The molecule has 6 nitrogen and oxygen atoms in total. The quantitative estimate of drug-likeness (QED) is 0.774. The van der Waals surface area contributed by atoms with Crippen molar-refractivity contribution in [3.8, 4) is 11.4 Å². The van der Waals surface area contributed by atoms with Crippen molar-refractivity contribution in [1.29, 1.82) is 0 Å². The Morgan fingerprint density at radius 2 is 2.14 bits per heavy atom. The molecule has 2 aromatic heterocycles. The molecule has 0 saturated heterocycles. The molecule has 108 valence electrons. The molecule has 0 saturated carbocycles. The first-order valence-corrected chi connectivity index (χ1v) is 6.72. The maximum absolute atomic E-state index is 11.0. The van der Waals surface area contributed by atoms with Crippen LogP contribution in [0.2, 0.25) is 0 Å². The number of nitrogens with zero attached hydrogens (tertiary/aromatic N) is 3. The van der Waals surface area contributed by atoms with Gasteiger partial charge < -0.3 is 10.1 Å². The molecule has 21 heavy (non-hydrogen) atoms. The molecule has 0 spiro atoms. The molecular formula is C15H16N4O2. The summed E-state index contributed by atoms with van der Waals surface area (Å²) in [6, 6.07) is 4.87. The summed E-state index contributed by atoms with van der Waals surface area (Å²) in [4.78, 5) is 18.7. The van der Waals surface area contributed by atoms with Crippen molar-refractivity contribution < 1.29 is 9.90 Å². The lowest BCUT2D eigenvalue weighted by atomic mass is 10.1. The Balaban J connectivity index is 2.15. The number of rotatable bonds is 3. The van der Waals surface area contributed by atoms with Crippen LogP contribution in [-0.4, -0.2) is 30.8 Å². The van der Waals surface area contributed by atoms with Crippen LogP contribution in [0.15, 0.2) is 24.4 Å². The molecule has 0 amide bonds. The van der Waals surface area contributed by atoms with E-state index in [1.807, 2.05) is 13.2 Å². The molecule has 0 atom stereocenters. The highest BCUT2D eigenvalue weighted by Gasteiger charge is 2.16. The summed E-state index contributed by atoms with van der Waals surface area (Å²) in [6.45, 7) is 4.16. The van der Waals surface area contributed by atoms with Gasteiger partial charge in [-0.1, -0.05) is 13.8 Å². The number of benzene rings is 1. The second kappa shape index (κ2) is 4.73. The van der Waals surface area contributed by atoms with E-state index < -0.39 is 5.97 Å². The van der Waals surface area contributed by atoms with Crippen LogP contribution in [-0.2, 0) is 7.05 Å². The number of aromatic amines is 1. The van der Waals surface area contributed by atoms with Crippen molar-refractivity contribution in [2.24, 2.45) is 7.05 Å². The maximum atomic E-state index is 11.0. The van der Waals surface area contributed by atoms with Gasteiger partial charge in [-0.3, -0.25) is 4.68 Å². The van der Waals surface area contributed by atoms with Gasteiger partial charge in [0.25, 0.3) is 0 Å². The zero-order chi connectivity index (χ0) is 15.1. The first-order valence-electron chi connectivity index (χ1n) is 6.72. The summed E-state index contributed by atoms with van der Waals surface area (Å²) in [7, 11) is 1.88. The number of H-pyrrole nitrogens is 1. The summed E-state index contributed by atoms with van der Waals surface area (Å²) in [5.74, 6) is 0.0469. The number of hydrogen-bond acceptors (Lipinski definition) is 3. The highest BCUT2D eigenvalue weighted by atomic mass is 16.4. The van der Waals surface area contributed by atoms with E-state index in [1.54, 1.807) is 22.9 Å². The Morgan fingerprint density at radius 3 is 2.81 bits per heavy atom. The van der Waals surface area contributed by atoms with E-state index in [4.69, 9.17) is 5.11 Å². The smallest absolute Gasteiger partial charge is 0.335 e. The monoisotopic (exact) mass is 284 g/mol. The molecule has 2 N–H and O–H groups in total. The maximum Gasteiger partial charge on any atom is 0.335 e. The van der Waals surface area contributed by atoms with E-state index in [1.165, 1.54) is 0 Å². The van der Waals surface area contributed by atoms with Crippen molar-refractivity contribution in [2.45, 2.75) is 19.8 Å². The van der Waals surface area contributed by atoms with Gasteiger partial charge in [-0.15, -0.1) is 0 Å². The van der Waals surface area contributed by atoms with Crippen LogP contribution in [0, 0.1) is 0 Å². The number of nitrogens with one attached hydrogen (secondary N) is 1. The van der Waals surface area contributed by atoms with Crippen molar-refractivity contribution in [2.75, 3.05) is 0 Å². The number of aryl methyl sites for hydroxylation is 1. The highest BCUT2D eigenvalue weighted by Crippen LogP contribution is 2.27. The molecule has 0 aliphatic carbocycles. The summed E-state index contributed by atoms with van der Waals surface area (Å²) < 4.78 is 1.76. The number of carboxylic acids is 1. The van der Waals surface area contributed by atoms with Crippen LogP contribution in [0.3, 0.4) is 0 Å². The minimum Gasteiger partial charge on any atom is -0.478 e. The third kappa shape index (κ3) is 2.29. The van der Waals surface area contributed by atoms with Gasteiger partial charge in [0, 0.05) is 13.2 Å². The van der Waals surface area contributed by atoms with E-state index in [9.17, 15) is 4.79 Å². The SMILES string of the molecule is CC(C)c1nn(C)cc1-c1nc2ccc(C(=O)O)cc2[nH]1. The van der Waals surface area contributed by atoms with Crippen LogP contribution in [0.1, 0.15) is 35.8 Å². The fourth-order valence-corrected chi connectivity index (χ4v) is 2.38. The Labute approximate surface area is 121 Å². The standard InChI is InChI=1S/C15H16N4O2/c1-8(2)13-10(7-19(3)18-13)14-16-11-5-4-9(15(20)21)6-12(11)17-14/h4-8H,1-3H3,(H,16,17)(H,20,21). The summed E-state index contributed by atoms with van der Waals surface area (Å²) >= 11 is 0. The molecule has 0 aliphatic rings. The molecule has 2 heterocycles. The Hall–Kier alpha value is -2.63. The van der Waals surface area contributed by atoms with Gasteiger partial charge in [-0.2, -0.15) is 5.10 Å².